The van der Waals surface area contributed by atoms with E-state index in [9.17, 15) is 29.8 Å². The lowest BCUT2D eigenvalue weighted by molar-refractivity contribution is -0.757. The number of dihydropyridines is 1. The van der Waals surface area contributed by atoms with E-state index in [1.165, 1.54) is 31.2 Å². The van der Waals surface area contributed by atoms with Crippen LogP contribution in [0.5, 0.6) is 0 Å². The van der Waals surface area contributed by atoms with Crippen LogP contribution in [0.2, 0.25) is 0 Å². The first kappa shape index (κ1) is 23.1. The highest BCUT2D eigenvalue weighted by molar-refractivity contribution is 6.00. The average Bonchev–Trinajstić information content (AvgIpc) is 2.70. The molecule has 1 aromatic carbocycles. The van der Waals surface area contributed by atoms with Crippen LogP contribution in [0.25, 0.3) is 0 Å². The van der Waals surface area contributed by atoms with Crippen LogP contribution in [0.1, 0.15) is 25.3 Å². The van der Waals surface area contributed by atoms with Crippen molar-refractivity contribution >= 4 is 17.6 Å². The fourth-order valence-electron chi connectivity index (χ4n) is 3.09. The predicted octanol–water partition coefficient (Wildman–Crippen LogP) is 1.04. The molecule has 0 aliphatic carbocycles. The number of nitro groups is 1. The lowest BCUT2D eigenvalue weighted by Gasteiger charge is -2.29. The normalized spacial score (nSPS) is 15.7. The molecule has 1 unspecified atom stereocenters. The van der Waals surface area contributed by atoms with Gasteiger partial charge in [0, 0.05) is 17.3 Å². The van der Waals surface area contributed by atoms with E-state index in [4.69, 9.17) is 15.2 Å². The smallest absolute Gasteiger partial charge is 0.338 e. The number of hydrogen-bond acceptors (Lipinski definition) is 11. The Hall–Kier alpha value is -4.16. The van der Waals surface area contributed by atoms with Gasteiger partial charge in [-0.2, -0.15) is 0 Å². The van der Waals surface area contributed by atoms with Crippen LogP contribution >= 0.6 is 0 Å². The van der Waals surface area contributed by atoms with E-state index in [-0.39, 0.29) is 40.5 Å². The topological polar surface area (TPSA) is 186 Å². The minimum absolute atomic E-state index is 0.0000775. The van der Waals surface area contributed by atoms with E-state index in [0.29, 0.717) is 0 Å². The summed E-state index contributed by atoms with van der Waals surface area (Å²) in [5.41, 5.74) is 5.52. The molecule has 0 saturated carbocycles. The van der Waals surface area contributed by atoms with Crippen LogP contribution in [0.4, 0.5) is 5.69 Å². The highest BCUT2D eigenvalue weighted by atomic mass is 17.0. The lowest BCUT2D eigenvalue weighted by atomic mass is 9.80. The molecule has 1 heterocycles. The van der Waals surface area contributed by atoms with Crippen LogP contribution in [0.3, 0.4) is 0 Å². The number of ether oxygens (including phenoxy) is 2. The van der Waals surface area contributed by atoms with Crippen molar-refractivity contribution in [3.05, 3.63) is 72.7 Å². The van der Waals surface area contributed by atoms with Gasteiger partial charge in [0.15, 0.2) is 0 Å². The Morgan fingerprint density at radius 1 is 1.10 bits per heavy atom. The first-order valence-corrected chi connectivity index (χ1v) is 9.01. The van der Waals surface area contributed by atoms with Gasteiger partial charge in [-0.15, -0.1) is 10.1 Å². The molecule has 3 N–H and O–H groups in total. The average molecular weight is 436 g/mol. The summed E-state index contributed by atoms with van der Waals surface area (Å²) in [5, 5.41) is 23.5. The van der Waals surface area contributed by atoms with Crippen molar-refractivity contribution in [2.24, 2.45) is 5.73 Å². The van der Waals surface area contributed by atoms with Gasteiger partial charge in [0.25, 0.3) is 10.8 Å². The molecule has 0 aromatic heterocycles. The number of nitrogens with one attached hydrogen (secondary N) is 1. The summed E-state index contributed by atoms with van der Waals surface area (Å²) in [6.45, 7) is 2.06. The SMILES string of the molecule is CCOC(=O)C1=C(N)NC(C)=C(C(=O)OCCO[N+](=O)[O-])C1c1ccccc1[N+](=O)[O-]. The van der Waals surface area contributed by atoms with Crippen molar-refractivity contribution in [3.63, 3.8) is 0 Å². The van der Waals surface area contributed by atoms with E-state index >= 15 is 0 Å². The van der Waals surface area contributed by atoms with Gasteiger partial charge in [0.2, 0.25) is 0 Å². The molecular formula is C18H20N4O9. The summed E-state index contributed by atoms with van der Waals surface area (Å²) in [4.78, 5) is 50.7. The molecule has 0 bridgehead atoms. The summed E-state index contributed by atoms with van der Waals surface area (Å²) < 4.78 is 10.1. The van der Waals surface area contributed by atoms with Crippen molar-refractivity contribution in [3.8, 4) is 0 Å². The molecule has 2 rings (SSSR count). The number of carbonyl (C=O) groups excluding carboxylic acids is 2. The van der Waals surface area contributed by atoms with E-state index in [2.05, 4.69) is 10.2 Å². The van der Waals surface area contributed by atoms with Gasteiger partial charge in [-0.1, -0.05) is 18.2 Å². The summed E-state index contributed by atoms with van der Waals surface area (Å²) in [6.07, 6.45) is 0. The maximum absolute atomic E-state index is 12.8. The summed E-state index contributed by atoms with van der Waals surface area (Å²) in [5.74, 6) is -3.24. The molecule has 0 saturated heterocycles. The van der Waals surface area contributed by atoms with Gasteiger partial charge in [-0.05, 0) is 13.8 Å². The maximum Gasteiger partial charge on any atom is 0.338 e. The Morgan fingerprint density at radius 3 is 2.35 bits per heavy atom. The predicted molar refractivity (Wildman–Crippen MR) is 103 cm³/mol. The highest BCUT2D eigenvalue weighted by Gasteiger charge is 2.41. The summed E-state index contributed by atoms with van der Waals surface area (Å²) in [7, 11) is 0. The zero-order chi connectivity index (χ0) is 23.1. The van der Waals surface area contributed by atoms with E-state index in [1.54, 1.807) is 6.92 Å². The van der Waals surface area contributed by atoms with Crippen molar-refractivity contribution < 1.29 is 33.9 Å². The number of nitro benzene ring substituents is 1. The molecular weight excluding hydrogens is 416 g/mol. The molecule has 166 valence electrons. The number of allylic oxidation sites excluding steroid dienone is 1. The number of carbonyl (C=O) groups is 2. The Balaban J connectivity index is 2.55. The second-order valence-electron chi connectivity index (χ2n) is 6.15. The molecule has 1 aliphatic rings. The number of rotatable bonds is 9. The minimum atomic E-state index is -1.27. The summed E-state index contributed by atoms with van der Waals surface area (Å²) in [6, 6.07) is 5.55. The van der Waals surface area contributed by atoms with Crippen molar-refractivity contribution in [2.75, 3.05) is 19.8 Å². The van der Waals surface area contributed by atoms with Crippen LogP contribution < -0.4 is 11.1 Å². The number of nitrogens with two attached hydrogens (primary N) is 1. The zero-order valence-corrected chi connectivity index (χ0v) is 16.7. The number of esters is 2. The molecule has 1 aromatic rings. The van der Waals surface area contributed by atoms with Crippen LogP contribution in [0.15, 0.2) is 46.9 Å². The molecule has 1 aliphatic heterocycles. The molecule has 31 heavy (non-hydrogen) atoms. The minimum Gasteiger partial charge on any atom is -0.463 e. The number of benzene rings is 1. The zero-order valence-electron chi connectivity index (χ0n) is 16.7. The van der Waals surface area contributed by atoms with Gasteiger partial charge in [0.1, 0.15) is 19.0 Å². The van der Waals surface area contributed by atoms with Gasteiger partial charge in [-0.3, -0.25) is 10.1 Å². The van der Waals surface area contributed by atoms with Crippen LogP contribution in [0, 0.1) is 20.2 Å². The third-order valence-corrected chi connectivity index (χ3v) is 4.27. The second-order valence-corrected chi connectivity index (χ2v) is 6.15. The summed E-state index contributed by atoms with van der Waals surface area (Å²) >= 11 is 0. The second kappa shape index (κ2) is 10.0. The molecule has 13 heteroatoms. The Morgan fingerprint density at radius 2 is 1.74 bits per heavy atom. The van der Waals surface area contributed by atoms with Crippen molar-refractivity contribution in [2.45, 2.75) is 19.8 Å². The molecule has 13 nitrogen and oxygen atoms in total. The number of hydrogen-bond donors (Lipinski definition) is 2. The largest absolute Gasteiger partial charge is 0.463 e. The standard InChI is InChI=1S/C18H20N4O9/c1-3-29-18(24)15-14(11-6-4-5-7-12(11)21(25)26)13(10(2)20-16(15)19)17(23)30-8-9-31-22(27)28/h4-7,14,20H,3,8-9,19H2,1-2H3. The fraction of sp³-hybridized carbons (Fsp3) is 0.333. The van der Waals surface area contributed by atoms with E-state index in [0.717, 1.165) is 0 Å². The molecule has 0 spiro atoms. The first-order chi connectivity index (χ1) is 14.7. The van der Waals surface area contributed by atoms with Gasteiger partial charge in [0.05, 0.1) is 28.6 Å². The van der Waals surface area contributed by atoms with Crippen molar-refractivity contribution in [1.29, 1.82) is 0 Å². The Bertz CT molecular complexity index is 971. The van der Waals surface area contributed by atoms with E-state index < -0.39 is 41.1 Å². The Kier molecular flexibility index (Phi) is 7.49. The van der Waals surface area contributed by atoms with Gasteiger partial charge < -0.3 is 25.4 Å². The van der Waals surface area contributed by atoms with Gasteiger partial charge in [-0.25, -0.2) is 9.59 Å². The molecule has 1 atom stereocenters. The highest BCUT2D eigenvalue weighted by Crippen LogP contribution is 2.41. The maximum atomic E-state index is 12.8. The number of nitrogens with zero attached hydrogens (tertiary/aromatic N) is 2. The fourth-order valence-corrected chi connectivity index (χ4v) is 3.09. The number of para-hydroxylation sites is 1. The van der Waals surface area contributed by atoms with Crippen molar-refractivity contribution in [1.82, 2.24) is 5.32 Å². The molecule has 0 amide bonds. The quantitative estimate of drug-likeness (QED) is 0.244. The first-order valence-electron chi connectivity index (χ1n) is 9.01. The lowest BCUT2D eigenvalue weighted by Crippen LogP contribution is -2.36. The molecule has 0 radical (unpaired) electrons. The van der Waals surface area contributed by atoms with E-state index in [1.807, 2.05) is 0 Å². The molecule has 0 fully saturated rings. The third-order valence-electron chi connectivity index (χ3n) is 4.27. The Labute approximate surface area is 175 Å². The monoisotopic (exact) mass is 436 g/mol. The van der Waals surface area contributed by atoms with Crippen LogP contribution in [-0.2, 0) is 23.9 Å². The third kappa shape index (κ3) is 5.26. The van der Waals surface area contributed by atoms with Gasteiger partial charge >= 0.3 is 11.9 Å². The van der Waals surface area contributed by atoms with Crippen LogP contribution in [-0.4, -0.2) is 41.8 Å².